The average molecular weight is 368 g/mol. The second-order valence-corrected chi connectivity index (χ2v) is 5.39. The number of benzene rings is 2. The highest BCUT2D eigenvalue weighted by atomic mass is 35.5. The van der Waals surface area contributed by atoms with Gasteiger partial charge in [-0.15, -0.1) is 0 Å². The van der Waals surface area contributed by atoms with Crippen LogP contribution < -0.4 is 14.8 Å². The molecule has 0 aliphatic heterocycles. The van der Waals surface area contributed by atoms with Gasteiger partial charge < -0.3 is 14.8 Å². The van der Waals surface area contributed by atoms with Gasteiger partial charge in [-0.3, -0.25) is 4.79 Å². The first-order chi connectivity index (χ1) is 12.6. The zero-order valence-electron chi connectivity index (χ0n) is 13.8. The maximum absolute atomic E-state index is 12.5. The van der Waals surface area contributed by atoms with E-state index in [0.29, 0.717) is 27.8 Å². The molecule has 0 fully saturated rings. The molecule has 7 heteroatoms. The quantitative estimate of drug-likeness (QED) is 0.619. The lowest BCUT2D eigenvalue weighted by atomic mass is 10.1. The van der Waals surface area contributed by atoms with Crippen LogP contribution in [0.15, 0.2) is 48.0 Å². The molecule has 0 atom stereocenters. The summed E-state index contributed by atoms with van der Waals surface area (Å²) in [5.74, 6) is 0.191. The molecular formula is C19H14ClN3O3. The van der Waals surface area contributed by atoms with Crippen molar-refractivity contribution in [2.75, 3.05) is 19.0 Å². The number of methoxy groups -OCH3 is 1. The molecule has 0 radical (unpaired) electrons. The van der Waals surface area contributed by atoms with Gasteiger partial charge in [0.2, 0.25) is 0 Å². The molecule has 0 unspecified atom stereocenters. The lowest BCUT2D eigenvalue weighted by Crippen LogP contribution is -2.14. The first-order valence-corrected chi connectivity index (χ1v) is 7.82. The number of nitrogens with zero attached hydrogens (tertiary/aromatic N) is 2. The minimum atomic E-state index is -0.622. The molecule has 0 bridgehead atoms. The summed E-state index contributed by atoms with van der Waals surface area (Å²) in [5, 5.41) is 21.0. The first kappa shape index (κ1) is 18.9. The third kappa shape index (κ3) is 4.76. The minimum absolute atomic E-state index is 0.139. The fourth-order valence-corrected chi connectivity index (χ4v) is 2.28. The summed E-state index contributed by atoms with van der Waals surface area (Å²) in [6, 6.07) is 15.3. The second kappa shape index (κ2) is 9.12. The Hall–Kier alpha value is -3.48. The number of anilines is 1. The second-order valence-electron chi connectivity index (χ2n) is 4.95. The molecule has 1 N–H and O–H groups in total. The van der Waals surface area contributed by atoms with Gasteiger partial charge in [-0.25, -0.2) is 0 Å². The summed E-state index contributed by atoms with van der Waals surface area (Å²) in [4.78, 5) is 12.5. The number of carbonyl (C=O) groups is 1. The molecule has 0 aliphatic rings. The van der Waals surface area contributed by atoms with Crippen molar-refractivity contribution in [2.45, 2.75) is 0 Å². The number of para-hydroxylation sites is 1. The number of hydrogen-bond acceptors (Lipinski definition) is 5. The van der Waals surface area contributed by atoms with E-state index < -0.39 is 5.91 Å². The number of hydrogen-bond donors (Lipinski definition) is 1. The fraction of sp³-hybridized carbons (Fsp3) is 0.105. The van der Waals surface area contributed by atoms with Gasteiger partial charge in [0.05, 0.1) is 12.8 Å². The Morgan fingerprint density at radius 2 is 2.00 bits per heavy atom. The maximum Gasteiger partial charge on any atom is 0.266 e. The van der Waals surface area contributed by atoms with E-state index in [1.54, 1.807) is 36.4 Å². The number of carbonyl (C=O) groups excluding carboxylic acids is 1. The smallest absolute Gasteiger partial charge is 0.266 e. The predicted molar refractivity (Wildman–Crippen MR) is 97.8 cm³/mol. The van der Waals surface area contributed by atoms with Gasteiger partial charge in [0.1, 0.15) is 29.2 Å². The molecule has 0 aliphatic carbocycles. The highest BCUT2D eigenvalue weighted by molar-refractivity contribution is 6.31. The zero-order valence-corrected chi connectivity index (χ0v) is 14.6. The monoisotopic (exact) mass is 367 g/mol. The molecule has 130 valence electrons. The van der Waals surface area contributed by atoms with Crippen molar-refractivity contribution in [1.82, 2.24) is 0 Å². The Balaban J connectivity index is 2.30. The maximum atomic E-state index is 12.5. The molecule has 2 aromatic carbocycles. The van der Waals surface area contributed by atoms with Crippen LogP contribution in [-0.2, 0) is 4.79 Å². The number of halogens is 1. The molecule has 26 heavy (non-hydrogen) atoms. The van der Waals surface area contributed by atoms with E-state index in [1.807, 2.05) is 12.1 Å². The Bertz CT molecular complexity index is 926. The summed E-state index contributed by atoms with van der Waals surface area (Å²) in [6.07, 6.45) is 1.39. The summed E-state index contributed by atoms with van der Waals surface area (Å²) >= 11 is 5.94. The van der Waals surface area contributed by atoms with Crippen LogP contribution in [0.5, 0.6) is 11.5 Å². The number of nitriles is 2. The van der Waals surface area contributed by atoms with Gasteiger partial charge in [-0.2, -0.15) is 10.5 Å². The lowest BCUT2D eigenvalue weighted by Gasteiger charge is -2.10. The standard InChI is InChI=1S/C19H14ClN3O3/c1-25-18-7-6-15(20)11-16(18)23-19(24)14(12-22)10-13-4-2-3-5-17(13)26-9-8-21/h2-7,10-11H,9H2,1H3,(H,23,24)/b14-10+. The van der Waals surface area contributed by atoms with Gasteiger partial charge in [0, 0.05) is 10.6 Å². The van der Waals surface area contributed by atoms with Gasteiger partial charge in [-0.05, 0) is 30.3 Å². The summed E-state index contributed by atoms with van der Waals surface area (Å²) in [6.45, 7) is -0.140. The highest BCUT2D eigenvalue weighted by Crippen LogP contribution is 2.28. The van der Waals surface area contributed by atoms with E-state index in [2.05, 4.69) is 5.32 Å². The van der Waals surface area contributed by atoms with Gasteiger partial charge in [-0.1, -0.05) is 29.8 Å². The van der Waals surface area contributed by atoms with Crippen molar-refractivity contribution in [3.8, 4) is 23.6 Å². The molecule has 1 amide bonds. The fourth-order valence-electron chi connectivity index (χ4n) is 2.11. The van der Waals surface area contributed by atoms with Crippen molar-refractivity contribution in [1.29, 1.82) is 10.5 Å². The van der Waals surface area contributed by atoms with Crippen LogP contribution in [0.3, 0.4) is 0 Å². The molecule has 2 rings (SSSR count). The van der Waals surface area contributed by atoms with E-state index in [1.165, 1.54) is 19.3 Å². The summed E-state index contributed by atoms with van der Waals surface area (Å²) in [7, 11) is 1.46. The number of nitrogens with one attached hydrogen (secondary N) is 1. The predicted octanol–water partition coefficient (Wildman–Crippen LogP) is 3.80. The lowest BCUT2D eigenvalue weighted by molar-refractivity contribution is -0.112. The van der Waals surface area contributed by atoms with Crippen LogP contribution in [0, 0.1) is 22.7 Å². The first-order valence-electron chi connectivity index (χ1n) is 7.44. The van der Waals surface area contributed by atoms with E-state index in [0.717, 1.165) is 0 Å². The Morgan fingerprint density at radius 3 is 2.69 bits per heavy atom. The van der Waals surface area contributed by atoms with Crippen molar-refractivity contribution >= 4 is 29.3 Å². The molecule has 0 saturated carbocycles. The third-order valence-corrected chi connectivity index (χ3v) is 3.52. The number of rotatable bonds is 6. The molecule has 0 saturated heterocycles. The minimum Gasteiger partial charge on any atom is -0.495 e. The van der Waals surface area contributed by atoms with Gasteiger partial charge in [0.15, 0.2) is 6.61 Å². The largest absolute Gasteiger partial charge is 0.495 e. The van der Waals surface area contributed by atoms with Crippen LogP contribution >= 0.6 is 11.6 Å². The van der Waals surface area contributed by atoms with Crippen LogP contribution in [0.1, 0.15) is 5.56 Å². The molecule has 6 nitrogen and oxygen atoms in total. The SMILES string of the molecule is COc1ccc(Cl)cc1NC(=O)/C(C#N)=C/c1ccccc1OCC#N. The van der Waals surface area contributed by atoms with Crippen LogP contribution in [0.2, 0.25) is 5.02 Å². The number of ether oxygens (including phenoxy) is 2. The Kier molecular flexibility index (Phi) is 6.61. The van der Waals surface area contributed by atoms with Crippen LogP contribution in [0.4, 0.5) is 5.69 Å². The van der Waals surface area contributed by atoms with E-state index in [9.17, 15) is 10.1 Å². The molecular weight excluding hydrogens is 354 g/mol. The highest BCUT2D eigenvalue weighted by Gasteiger charge is 2.14. The van der Waals surface area contributed by atoms with Crippen molar-refractivity contribution in [3.63, 3.8) is 0 Å². The van der Waals surface area contributed by atoms with Crippen LogP contribution in [0.25, 0.3) is 6.08 Å². The molecule has 2 aromatic rings. The Morgan fingerprint density at radius 1 is 1.23 bits per heavy atom. The number of amides is 1. The molecule has 0 spiro atoms. The topological polar surface area (TPSA) is 95.1 Å². The third-order valence-electron chi connectivity index (χ3n) is 3.29. The van der Waals surface area contributed by atoms with Crippen molar-refractivity contribution in [2.24, 2.45) is 0 Å². The van der Waals surface area contributed by atoms with Gasteiger partial charge in [0.25, 0.3) is 5.91 Å². The normalized spacial score (nSPS) is 10.4. The molecule has 0 aromatic heterocycles. The average Bonchev–Trinajstić information content (AvgIpc) is 2.65. The van der Waals surface area contributed by atoms with E-state index in [-0.39, 0.29) is 12.2 Å². The molecule has 0 heterocycles. The van der Waals surface area contributed by atoms with E-state index >= 15 is 0 Å². The van der Waals surface area contributed by atoms with E-state index in [4.69, 9.17) is 26.3 Å². The Labute approximate surface area is 155 Å². The van der Waals surface area contributed by atoms with Crippen LogP contribution in [-0.4, -0.2) is 19.6 Å². The van der Waals surface area contributed by atoms with Crippen molar-refractivity contribution in [3.05, 3.63) is 58.6 Å². The summed E-state index contributed by atoms with van der Waals surface area (Å²) in [5.41, 5.74) is 0.715. The summed E-state index contributed by atoms with van der Waals surface area (Å²) < 4.78 is 10.5. The van der Waals surface area contributed by atoms with Crippen molar-refractivity contribution < 1.29 is 14.3 Å². The van der Waals surface area contributed by atoms with Gasteiger partial charge >= 0.3 is 0 Å². The zero-order chi connectivity index (χ0) is 18.9.